The van der Waals surface area contributed by atoms with Gasteiger partial charge in [-0.2, -0.15) is 0 Å². The predicted octanol–water partition coefficient (Wildman–Crippen LogP) is 1.78. The van der Waals surface area contributed by atoms with Gasteiger partial charge in [-0.25, -0.2) is 22.6 Å². The summed E-state index contributed by atoms with van der Waals surface area (Å²) >= 11 is 0. The number of hydrogen-bond acceptors (Lipinski definition) is 5. The zero-order chi connectivity index (χ0) is 19.6. The predicted molar refractivity (Wildman–Crippen MR) is 97.0 cm³/mol. The molecule has 0 spiro atoms. The van der Waals surface area contributed by atoms with Crippen LogP contribution in [0.15, 0.2) is 48.5 Å². The molecular formula is C17H18F2N4O3S. The number of halogens is 2. The minimum atomic E-state index is -3.97. The number of carbonyl (C=O) groups is 1. The highest BCUT2D eigenvalue weighted by atomic mass is 32.2. The van der Waals surface area contributed by atoms with Gasteiger partial charge < -0.3 is 5.32 Å². The van der Waals surface area contributed by atoms with Gasteiger partial charge in [-0.15, -0.1) is 0 Å². The Morgan fingerprint density at radius 3 is 2.37 bits per heavy atom. The number of rotatable bonds is 5. The fourth-order valence-corrected chi connectivity index (χ4v) is 4.38. The van der Waals surface area contributed by atoms with Crippen molar-refractivity contribution < 1.29 is 22.0 Å². The zero-order valence-corrected chi connectivity index (χ0v) is 15.1. The fraction of sp³-hybridized carbons (Fsp3) is 0.235. The summed E-state index contributed by atoms with van der Waals surface area (Å²) in [6, 6.07) is 10.6. The van der Waals surface area contributed by atoms with Crippen LogP contribution in [0.3, 0.4) is 0 Å². The van der Waals surface area contributed by atoms with Crippen molar-refractivity contribution in [2.45, 2.75) is 18.3 Å². The Bertz CT molecular complexity index is 940. The maximum Gasteiger partial charge on any atom is 0.250 e. The van der Waals surface area contributed by atoms with Crippen LogP contribution in [-0.2, 0) is 14.8 Å². The minimum absolute atomic E-state index is 0.0326. The first-order valence-electron chi connectivity index (χ1n) is 8.11. The van der Waals surface area contributed by atoms with E-state index in [1.165, 1.54) is 6.07 Å². The van der Waals surface area contributed by atoms with Gasteiger partial charge >= 0.3 is 0 Å². The third-order valence-corrected chi connectivity index (χ3v) is 5.78. The third kappa shape index (κ3) is 4.24. The molecule has 3 atom stereocenters. The molecule has 1 heterocycles. The molecule has 1 saturated heterocycles. The molecule has 4 N–H and O–H groups in total. The standard InChI is InChI=1S/C17H18F2N4O3S/c1-10-15(16(24)20-12-7-8-13(18)14(19)9-12)17(22-21-10)27(25,26)23-11-5-3-2-4-6-11/h2-10,15,17,21-23H,1H3,(H,20,24). The monoisotopic (exact) mass is 396 g/mol. The van der Waals surface area contributed by atoms with Gasteiger partial charge in [0.2, 0.25) is 5.91 Å². The molecular weight excluding hydrogens is 378 g/mol. The summed E-state index contributed by atoms with van der Waals surface area (Å²) in [6.45, 7) is 1.64. The van der Waals surface area contributed by atoms with Crippen LogP contribution in [0, 0.1) is 17.6 Å². The van der Waals surface area contributed by atoms with Gasteiger partial charge in [-0.05, 0) is 31.2 Å². The molecule has 0 saturated carbocycles. The minimum Gasteiger partial charge on any atom is -0.326 e. The van der Waals surface area contributed by atoms with Crippen LogP contribution < -0.4 is 20.9 Å². The van der Waals surface area contributed by atoms with E-state index in [2.05, 4.69) is 20.9 Å². The maximum atomic E-state index is 13.3. The van der Waals surface area contributed by atoms with Crippen molar-refractivity contribution in [3.8, 4) is 0 Å². The second kappa shape index (κ2) is 7.59. The Morgan fingerprint density at radius 2 is 1.70 bits per heavy atom. The molecule has 144 valence electrons. The number of hydrogen-bond donors (Lipinski definition) is 4. The van der Waals surface area contributed by atoms with Gasteiger partial charge in [0.25, 0.3) is 10.0 Å². The van der Waals surface area contributed by atoms with Gasteiger partial charge in [0, 0.05) is 23.5 Å². The normalized spacial score (nSPS) is 22.4. The van der Waals surface area contributed by atoms with Crippen molar-refractivity contribution in [2.75, 3.05) is 10.0 Å². The molecule has 1 aliphatic rings. The molecule has 0 bridgehead atoms. The molecule has 1 amide bonds. The van der Waals surface area contributed by atoms with Gasteiger partial charge in [0.15, 0.2) is 17.0 Å². The van der Waals surface area contributed by atoms with Gasteiger partial charge in [0.05, 0.1) is 5.92 Å². The summed E-state index contributed by atoms with van der Waals surface area (Å²) < 4.78 is 54.2. The number of anilines is 2. The zero-order valence-electron chi connectivity index (χ0n) is 14.2. The molecule has 0 aliphatic carbocycles. The molecule has 0 radical (unpaired) electrons. The number of sulfonamides is 1. The lowest BCUT2D eigenvalue weighted by Crippen LogP contribution is -2.45. The molecule has 3 unspecified atom stereocenters. The van der Waals surface area contributed by atoms with Crippen molar-refractivity contribution in [2.24, 2.45) is 5.92 Å². The van der Waals surface area contributed by atoms with E-state index in [1.54, 1.807) is 37.3 Å². The second-order valence-corrected chi connectivity index (χ2v) is 7.96. The SMILES string of the molecule is CC1NNC(S(=O)(=O)Nc2ccccc2)C1C(=O)Nc1ccc(F)c(F)c1. The molecule has 10 heteroatoms. The number of benzene rings is 2. The molecule has 7 nitrogen and oxygen atoms in total. The number of hydrazine groups is 1. The van der Waals surface area contributed by atoms with Crippen LogP contribution in [0.4, 0.5) is 20.2 Å². The summed E-state index contributed by atoms with van der Waals surface area (Å²) in [4.78, 5) is 12.6. The average Bonchev–Trinajstić information content (AvgIpc) is 3.01. The smallest absolute Gasteiger partial charge is 0.250 e. The van der Waals surface area contributed by atoms with Crippen LogP contribution in [0.2, 0.25) is 0 Å². The molecule has 1 fully saturated rings. The lowest BCUT2D eigenvalue weighted by atomic mass is 10.0. The Morgan fingerprint density at radius 1 is 1.00 bits per heavy atom. The summed E-state index contributed by atoms with van der Waals surface area (Å²) in [5.74, 6) is -3.81. The van der Waals surface area contributed by atoms with Crippen LogP contribution in [-0.4, -0.2) is 25.7 Å². The van der Waals surface area contributed by atoms with Crippen molar-refractivity contribution in [3.05, 3.63) is 60.2 Å². The van der Waals surface area contributed by atoms with Gasteiger partial charge in [-0.1, -0.05) is 18.2 Å². The summed E-state index contributed by atoms with van der Waals surface area (Å²) in [6.07, 6.45) is 0. The summed E-state index contributed by atoms with van der Waals surface area (Å²) in [5, 5.41) is 1.16. The van der Waals surface area contributed by atoms with E-state index in [1.807, 2.05) is 0 Å². The number of para-hydroxylation sites is 1. The first kappa shape index (κ1) is 19.2. The molecule has 0 aromatic heterocycles. The van der Waals surface area contributed by atoms with E-state index < -0.39 is 44.9 Å². The Kier molecular flexibility index (Phi) is 5.40. The molecule has 2 aromatic rings. The van der Waals surface area contributed by atoms with Crippen LogP contribution in [0.25, 0.3) is 0 Å². The highest BCUT2D eigenvalue weighted by molar-refractivity contribution is 7.93. The van der Waals surface area contributed by atoms with Crippen molar-refractivity contribution >= 4 is 27.3 Å². The van der Waals surface area contributed by atoms with Crippen LogP contribution in [0.5, 0.6) is 0 Å². The maximum absolute atomic E-state index is 13.3. The van der Waals surface area contributed by atoms with Crippen molar-refractivity contribution in [1.29, 1.82) is 0 Å². The van der Waals surface area contributed by atoms with Crippen LogP contribution in [0.1, 0.15) is 6.92 Å². The van der Waals surface area contributed by atoms with Gasteiger partial charge in [0.1, 0.15) is 0 Å². The molecule has 1 aliphatic heterocycles. The Hall–Kier alpha value is -2.56. The molecule has 2 aromatic carbocycles. The lowest BCUT2D eigenvalue weighted by Gasteiger charge is -2.21. The van der Waals surface area contributed by atoms with E-state index in [-0.39, 0.29) is 5.69 Å². The van der Waals surface area contributed by atoms with E-state index in [4.69, 9.17) is 0 Å². The van der Waals surface area contributed by atoms with Crippen molar-refractivity contribution in [1.82, 2.24) is 10.9 Å². The van der Waals surface area contributed by atoms with Gasteiger partial charge in [-0.3, -0.25) is 14.9 Å². The second-order valence-electron chi connectivity index (χ2n) is 6.15. The summed E-state index contributed by atoms with van der Waals surface area (Å²) in [7, 11) is -3.97. The topological polar surface area (TPSA) is 99.3 Å². The van der Waals surface area contributed by atoms with E-state index >= 15 is 0 Å². The largest absolute Gasteiger partial charge is 0.326 e. The third-order valence-electron chi connectivity index (χ3n) is 4.18. The van der Waals surface area contributed by atoms with E-state index in [0.29, 0.717) is 5.69 Å². The number of carbonyl (C=O) groups excluding carboxylic acids is 1. The molecule has 27 heavy (non-hydrogen) atoms. The number of nitrogens with one attached hydrogen (secondary N) is 4. The molecule has 3 rings (SSSR count). The highest BCUT2D eigenvalue weighted by Crippen LogP contribution is 2.24. The van der Waals surface area contributed by atoms with Crippen molar-refractivity contribution in [3.63, 3.8) is 0 Å². The van der Waals surface area contributed by atoms with E-state index in [9.17, 15) is 22.0 Å². The van der Waals surface area contributed by atoms with Crippen LogP contribution >= 0.6 is 0 Å². The Labute approximate surface area is 155 Å². The lowest BCUT2D eigenvalue weighted by molar-refractivity contribution is -0.119. The average molecular weight is 396 g/mol. The number of amides is 1. The first-order chi connectivity index (χ1) is 12.8. The Balaban J connectivity index is 1.79. The van der Waals surface area contributed by atoms with E-state index in [0.717, 1.165) is 12.1 Å². The highest BCUT2D eigenvalue weighted by Gasteiger charge is 2.46. The first-order valence-corrected chi connectivity index (χ1v) is 9.66. The quantitative estimate of drug-likeness (QED) is 0.618. The fourth-order valence-electron chi connectivity index (χ4n) is 2.82. The summed E-state index contributed by atoms with van der Waals surface area (Å²) in [5.41, 5.74) is 5.74.